The van der Waals surface area contributed by atoms with Crippen LogP contribution in [0, 0.1) is 0 Å². The molecule has 0 saturated heterocycles. The summed E-state index contributed by atoms with van der Waals surface area (Å²) in [4.78, 5) is 5.53. The van der Waals surface area contributed by atoms with Crippen molar-refractivity contribution >= 4 is 16.3 Å². The van der Waals surface area contributed by atoms with E-state index >= 15 is 0 Å². The molecule has 0 atom stereocenters. The van der Waals surface area contributed by atoms with Crippen molar-refractivity contribution in [1.82, 2.24) is 14.6 Å². The lowest BCUT2D eigenvalue weighted by atomic mass is 10.2. The normalized spacial score (nSPS) is 11.1. The van der Waals surface area contributed by atoms with Gasteiger partial charge in [-0.2, -0.15) is 5.10 Å². The van der Waals surface area contributed by atoms with Crippen LogP contribution < -0.4 is 10.5 Å². The van der Waals surface area contributed by atoms with Crippen LogP contribution in [0.3, 0.4) is 0 Å². The molecule has 0 aliphatic rings. The quantitative estimate of drug-likeness (QED) is 0.782. The second kappa shape index (κ2) is 5.60. The Bertz CT molecular complexity index is 670. The number of fused-ring (bicyclic) bond motifs is 1. The van der Waals surface area contributed by atoms with Crippen LogP contribution in [0.15, 0.2) is 30.5 Å². The molecule has 20 heavy (non-hydrogen) atoms. The number of hydrogen-bond donors (Lipinski definition) is 1. The Balaban J connectivity index is 1.86. The molecule has 0 bridgehead atoms. The van der Waals surface area contributed by atoms with Gasteiger partial charge >= 0.3 is 0 Å². The van der Waals surface area contributed by atoms with Gasteiger partial charge in [0.05, 0.1) is 19.0 Å². The van der Waals surface area contributed by atoms with Gasteiger partial charge in [-0.15, -0.1) is 0 Å². The van der Waals surface area contributed by atoms with Gasteiger partial charge in [0.25, 0.3) is 0 Å². The number of aromatic nitrogens is 3. The van der Waals surface area contributed by atoms with E-state index in [1.54, 1.807) is 18.4 Å². The summed E-state index contributed by atoms with van der Waals surface area (Å²) < 4.78 is 7.00. The molecule has 2 aromatic heterocycles. The van der Waals surface area contributed by atoms with Gasteiger partial charge in [0.1, 0.15) is 10.8 Å². The minimum absolute atomic E-state index is 0.693. The highest BCUT2D eigenvalue weighted by Crippen LogP contribution is 2.24. The highest BCUT2D eigenvalue weighted by atomic mass is 32.1. The van der Waals surface area contributed by atoms with Crippen molar-refractivity contribution in [3.05, 3.63) is 35.5 Å². The van der Waals surface area contributed by atoms with Gasteiger partial charge in [-0.25, -0.2) is 9.50 Å². The van der Waals surface area contributed by atoms with Crippen molar-refractivity contribution in [3.63, 3.8) is 0 Å². The third kappa shape index (κ3) is 2.52. The van der Waals surface area contributed by atoms with Crippen LogP contribution in [0.1, 0.15) is 11.4 Å². The number of aryl methyl sites for hydroxylation is 1. The molecule has 0 radical (unpaired) electrons. The SMILES string of the molecule is COc1ccc(-c2cn3nc(CCCN)sc3n2)cc1. The van der Waals surface area contributed by atoms with E-state index in [1.807, 2.05) is 35.0 Å². The second-order valence-electron chi connectivity index (χ2n) is 4.47. The van der Waals surface area contributed by atoms with Crippen molar-refractivity contribution < 1.29 is 4.74 Å². The molecule has 6 heteroatoms. The smallest absolute Gasteiger partial charge is 0.212 e. The van der Waals surface area contributed by atoms with Crippen LogP contribution in [0.2, 0.25) is 0 Å². The molecule has 3 rings (SSSR count). The fourth-order valence-corrected chi connectivity index (χ4v) is 2.91. The molecule has 0 spiro atoms. The summed E-state index contributed by atoms with van der Waals surface area (Å²) in [5, 5.41) is 5.61. The molecule has 3 aromatic rings. The number of imidazole rings is 1. The van der Waals surface area contributed by atoms with Crippen LogP contribution in [-0.4, -0.2) is 28.3 Å². The van der Waals surface area contributed by atoms with Gasteiger partial charge in [0.15, 0.2) is 0 Å². The minimum atomic E-state index is 0.693. The number of rotatable bonds is 5. The summed E-state index contributed by atoms with van der Waals surface area (Å²) in [5.41, 5.74) is 7.50. The van der Waals surface area contributed by atoms with Crippen LogP contribution >= 0.6 is 11.3 Å². The lowest BCUT2D eigenvalue weighted by Crippen LogP contribution is -2.00. The first-order valence-electron chi connectivity index (χ1n) is 6.50. The first kappa shape index (κ1) is 13.1. The van der Waals surface area contributed by atoms with Crippen LogP contribution in [0.25, 0.3) is 16.2 Å². The number of benzene rings is 1. The fourth-order valence-electron chi connectivity index (χ4n) is 2.00. The van der Waals surface area contributed by atoms with Gasteiger partial charge in [-0.1, -0.05) is 11.3 Å². The van der Waals surface area contributed by atoms with E-state index in [0.717, 1.165) is 39.8 Å². The molecular formula is C14H16N4OS. The number of methoxy groups -OCH3 is 1. The van der Waals surface area contributed by atoms with Crippen molar-refractivity contribution in [2.75, 3.05) is 13.7 Å². The topological polar surface area (TPSA) is 65.4 Å². The third-order valence-electron chi connectivity index (χ3n) is 3.07. The van der Waals surface area contributed by atoms with Crippen molar-refractivity contribution in [3.8, 4) is 17.0 Å². The first-order chi connectivity index (χ1) is 9.80. The highest BCUT2D eigenvalue weighted by molar-refractivity contribution is 7.16. The van der Waals surface area contributed by atoms with Crippen molar-refractivity contribution in [2.45, 2.75) is 12.8 Å². The van der Waals surface area contributed by atoms with Crippen LogP contribution in [-0.2, 0) is 6.42 Å². The van der Waals surface area contributed by atoms with E-state index in [4.69, 9.17) is 10.5 Å². The minimum Gasteiger partial charge on any atom is -0.497 e. The highest BCUT2D eigenvalue weighted by Gasteiger charge is 2.09. The second-order valence-corrected chi connectivity index (χ2v) is 5.51. The predicted molar refractivity (Wildman–Crippen MR) is 80.2 cm³/mol. The Kier molecular flexibility index (Phi) is 3.66. The summed E-state index contributed by atoms with van der Waals surface area (Å²) in [6.07, 6.45) is 3.84. The number of nitrogens with zero attached hydrogens (tertiary/aromatic N) is 3. The first-order valence-corrected chi connectivity index (χ1v) is 7.31. The summed E-state index contributed by atoms with van der Waals surface area (Å²) in [6, 6.07) is 7.87. The van der Waals surface area contributed by atoms with E-state index in [9.17, 15) is 0 Å². The molecule has 1 aromatic carbocycles. The summed E-state index contributed by atoms with van der Waals surface area (Å²) in [5.74, 6) is 0.844. The molecule has 0 aliphatic heterocycles. The molecule has 0 unspecified atom stereocenters. The Morgan fingerprint density at radius 2 is 2.10 bits per heavy atom. The summed E-state index contributed by atoms with van der Waals surface area (Å²) in [7, 11) is 1.66. The van der Waals surface area contributed by atoms with Gasteiger partial charge in [-0.05, 0) is 37.2 Å². The standard InChI is InChI=1S/C14H16N4OS/c1-19-11-6-4-10(5-7-11)12-9-18-14(16-12)20-13(17-18)3-2-8-15/h4-7,9H,2-3,8,15H2,1H3. The monoisotopic (exact) mass is 288 g/mol. The molecule has 0 amide bonds. The number of hydrogen-bond acceptors (Lipinski definition) is 5. The number of ether oxygens (including phenoxy) is 1. The maximum atomic E-state index is 5.51. The van der Waals surface area contributed by atoms with Gasteiger partial charge in [-0.3, -0.25) is 0 Å². The van der Waals surface area contributed by atoms with E-state index in [-0.39, 0.29) is 0 Å². The molecule has 2 N–H and O–H groups in total. The van der Waals surface area contributed by atoms with Crippen LogP contribution in [0.5, 0.6) is 5.75 Å². The Morgan fingerprint density at radius 3 is 2.75 bits per heavy atom. The zero-order valence-corrected chi connectivity index (χ0v) is 12.1. The summed E-state index contributed by atoms with van der Waals surface area (Å²) >= 11 is 1.62. The Morgan fingerprint density at radius 1 is 1.30 bits per heavy atom. The molecule has 0 saturated carbocycles. The molecule has 104 valence electrons. The van der Waals surface area contributed by atoms with E-state index in [2.05, 4.69) is 10.1 Å². The predicted octanol–water partition coefficient (Wildman–Crippen LogP) is 2.36. The van der Waals surface area contributed by atoms with Gasteiger partial charge in [0.2, 0.25) is 4.96 Å². The number of nitrogens with two attached hydrogens (primary N) is 1. The maximum absolute atomic E-state index is 5.51. The van der Waals surface area contributed by atoms with Crippen LogP contribution in [0.4, 0.5) is 0 Å². The van der Waals surface area contributed by atoms with Crippen molar-refractivity contribution in [1.29, 1.82) is 0 Å². The van der Waals surface area contributed by atoms with Gasteiger partial charge < -0.3 is 10.5 Å². The van der Waals surface area contributed by atoms with Gasteiger partial charge in [0, 0.05) is 12.0 Å². The molecule has 5 nitrogen and oxygen atoms in total. The largest absolute Gasteiger partial charge is 0.497 e. The molecular weight excluding hydrogens is 272 g/mol. The van der Waals surface area contributed by atoms with Crippen molar-refractivity contribution in [2.24, 2.45) is 5.73 Å². The Labute approximate surface area is 121 Å². The average molecular weight is 288 g/mol. The van der Waals surface area contributed by atoms with E-state index in [1.165, 1.54) is 0 Å². The zero-order chi connectivity index (χ0) is 13.9. The lowest BCUT2D eigenvalue weighted by Gasteiger charge is -2.00. The lowest BCUT2D eigenvalue weighted by molar-refractivity contribution is 0.415. The van der Waals surface area contributed by atoms with E-state index in [0.29, 0.717) is 6.54 Å². The Hall–Kier alpha value is -1.92. The third-order valence-corrected chi connectivity index (χ3v) is 4.05. The average Bonchev–Trinajstić information content (AvgIpc) is 3.03. The maximum Gasteiger partial charge on any atom is 0.212 e. The molecule has 2 heterocycles. The zero-order valence-electron chi connectivity index (χ0n) is 11.2. The molecule has 0 fully saturated rings. The summed E-state index contributed by atoms with van der Waals surface area (Å²) in [6.45, 7) is 0.693. The fraction of sp³-hybridized carbons (Fsp3) is 0.286. The van der Waals surface area contributed by atoms with E-state index < -0.39 is 0 Å². The molecule has 0 aliphatic carbocycles.